The van der Waals surface area contributed by atoms with Crippen LogP contribution in [0.5, 0.6) is 0 Å². The fourth-order valence-electron chi connectivity index (χ4n) is 2.31. The molecule has 1 heterocycles. The predicted octanol–water partition coefficient (Wildman–Crippen LogP) is 3.29. The first-order valence-corrected chi connectivity index (χ1v) is 8.34. The highest BCUT2D eigenvalue weighted by Crippen LogP contribution is 2.28. The molecule has 3 rings (SSSR count). The number of rotatable bonds is 3. The summed E-state index contributed by atoms with van der Waals surface area (Å²) in [4.78, 5) is 9.38. The van der Waals surface area contributed by atoms with E-state index < -0.39 is 0 Å². The molecule has 1 aliphatic heterocycles. The third kappa shape index (κ3) is 3.77. The number of aliphatic imine (C=N–C) groups is 2. The summed E-state index contributed by atoms with van der Waals surface area (Å²) in [5.41, 5.74) is 7.23. The van der Waals surface area contributed by atoms with Crippen LogP contribution in [0.3, 0.4) is 0 Å². The molecule has 5 nitrogen and oxygen atoms in total. The largest absolute Gasteiger partial charge is 0.390 e. The molecule has 2 aromatic rings. The third-order valence-corrected chi connectivity index (χ3v) is 4.00. The average Bonchev–Trinajstić information content (AvgIpc) is 2.79. The number of nitrogens with zero attached hydrogens (tertiary/aromatic N) is 3. The summed E-state index contributed by atoms with van der Waals surface area (Å²) in [6, 6.07) is 16.0. The summed E-state index contributed by atoms with van der Waals surface area (Å²) in [6.07, 6.45) is 0. The van der Waals surface area contributed by atoms with Gasteiger partial charge in [-0.1, -0.05) is 46.3 Å². The SMILES string of the molecule is CC(CO)=NNC1=Nc2ccc(Br)cc2C(c2ccccc2)=NC1. The minimum absolute atomic E-state index is 0.0949. The van der Waals surface area contributed by atoms with E-state index in [1.807, 2.05) is 48.5 Å². The van der Waals surface area contributed by atoms with Crippen LogP contribution in [0.2, 0.25) is 0 Å². The normalized spacial score (nSPS) is 14.4. The van der Waals surface area contributed by atoms with Crippen LogP contribution in [0, 0.1) is 0 Å². The number of benzene rings is 2. The Hall–Kier alpha value is -2.31. The zero-order chi connectivity index (χ0) is 16.9. The van der Waals surface area contributed by atoms with Gasteiger partial charge in [-0.3, -0.25) is 10.4 Å². The molecule has 2 N–H and O–H groups in total. The minimum Gasteiger partial charge on any atom is -0.390 e. The highest BCUT2D eigenvalue weighted by molar-refractivity contribution is 9.10. The number of fused-ring (bicyclic) bond motifs is 1. The first-order valence-electron chi connectivity index (χ1n) is 7.55. The van der Waals surface area contributed by atoms with Crippen molar-refractivity contribution in [2.75, 3.05) is 13.2 Å². The van der Waals surface area contributed by atoms with Crippen molar-refractivity contribution in [2.24, 2.45) is 15.1 Å². The maximum Gasteiger partial charge on any atom is 0.144 e. The number of amidine groups is 1. The minimum atomic E-state index is -0.0949. The molecule has 0 atom stereocenters. The van der Waals surface area contributed by atoms with Gasteiger partial charge in [0.1, 0.15) is 5.84 Å². The number of hydrogen-bond acceptors (Lipinski definition) is 5. The van der Waals surface area contributed by atoms with E-state index in [0.29, 0.717) is 18.1 Å². The molecule has 0 bridgehead atoms. The maximum atomic E-state index is 9.06. The lowest BCUT2D eigenvalue weighted by Crippen LogP contribution is -2.22. The van der Waals surface area contributed by atoms with Crippen molar-refractivity contribution >= 4 is 38.9 Å². The van der Waals surface area contributed by atoms with Gasteiger partial charge in [-0.05, 0) is 25.1 Å². The second-order valence-electron chi connectivity index (χ2n) is 5.37. The van der Waals surface area contributed by atoms with Crippen LogP contribution >= 0.6 is 15.9 Å². The molecule has 0 fully saturated rings. The third-order valence-electron chi connectivity index (χ3n) is 3.51. The van der Waals surface area contributed by atoms with Gasteiger partial charge in [-0.15, -0.1) is 0 Å². The number of aliphatic hydroxyl groups excluding tert-OH is 1. The second kappa shape index (κ2) is 7.51. The number of hydrogen-bond donors (Lipinski definition) is 2. The maximum absolute atomic E-state index is 9.06. The van der Waals surface area contributed by atoms with Crippen molar-refractivity contribution in [2.45, 2.75) is 6.92 Å². The number of hydrazone groups is 1. The van der Waals surface area contributed by atoms with Gasteiger partial charge in [0.15, 0.2) is 0 Å². The topological polar surface area (TPSA) is 69.3 Å². The van der Waals surface area contributed by atoms with E-state index in [-0.39, 0.29) is 6.61 Å². The Morgan fingerprint density at radius 1 is 1.25 bits per heavy atom. The summed E-state index contributed by atoms with van der Waals surface area (Å²) in [5, 5.41) is 13.2. The van der Waals surface area contributed by atoms with Crippen LogP contribution in [-0.4, -0.2) is 35.5 Å². The summed E-state index contributed by atoms with van der Waals surface area (Å²) >= 11 is 3.52. The van der Waals surface area contributed by atoms with Gasteiger partial charge < -0.3 is 5.11 Å². The van der Waals surface area contributed by atoms with E-state index in [4.69, 9.17) is 10.1 Å². The Labute approximate surface area is 149 Å². The zero-order valence-electron chi connectivity index (χ0n) is 13.2. The molecule has 0 aromatic heterocycles. The Morgan fingerprint density at radius 2 is 2.04 bits per heavy atom. The second-order valence-corrected chi connectivity index (χ2v) is 6.28. The van der Waals surface area contributed by atoms with E-state index in [9.17, 15) is 0 Å². The van der Waals surface area contributed by atoms with Crippen LogP contribution in [0.15, 0.2) is 68.1 Å². The van der Waals surface area contributed by atoms with Crippen molar-refractivity contribution in [1.29, 1.82) is 0 Å². The quantitative estimate of drug-likeness (QED) is 0.629. The lowest BCUT2D eigenvalue weighted by atomic mass is 10.0. The molecule has 122 valence electrons. The molecule has 1 aliphatic rings. The number of halogens is 1. The van der Waals surface area contributed by atoms with Gasteiger partial charge in [-0.25, -0.2) is 4.99 Å². The van der Waals surface area contributed by atoms with Crippen molar-refractivity contribution in [3.63, 3.8) is 0 Å². The Morgan fingerprint density at radius 3 is 2.79 bits per heavy atom. The summed E-state index contributed by atoms with van der Waals surface area (Å²) in [6.45, 7) is 2.04. The van der Waals surface area contributed by atoms with Crippen molar-refractivity contribution in [1.82, 2.24) is 5.43 Å². The molecule has 0 saturated heterocycles. The fourth-order valence-corrected chi connectivity index (χ4v) is 2.67. The Bertz CT molecular complexity index is 828. The molecular formula is C18H17BrN4O. The Balaban J connectivity index is 2.04. The predicted molar refractivity (Wildman–Crippen MR) is 102 cm³/mol. The van der Waals surface area contributed by atoms with Crippen LogP contribution < -0.4 is 5.43 Å². The van der Waals surface area contributed by atoms with Gasteiger partial charge in [0, 0.05) is 15.6 Å². The Kier molecular flexibility index (Phi) is 5.17. The van der Waals surface area contributed by atoms with E-state index >= 15 is 0 Å². The van der Waals surface area contributed by atoms with Crippen molar-refractivity contribution in [3.8, 4) is 0 Å². The molecule has 24 heavy (non-hydrogen) atoms. The average molecular weight is 385 g/mol. The van der Waals surface area contributed by atoms with Gasteiger partial charge in [0.05, 0.1) is 30.3 Å². The number of nitrogens with one attached hydrogen (secondary N) is 1. The molecule has 0 radical (unpaired) electrons. The van der Waals surface area contributed by atoms with E-state index in [2.05, 4.69) is 31.4 Å². The highest BCUT2D eigenvalue weighted by Gasteiger charge is 2.16. The van der Waals surface area contributed by atoms with Gasteiger partial charge in [0.2, 0.25) is 0 Å². The smallest absolute Gasteiger partial charge is 0.144 e. The molecule has 6 heteroatoms. The van der Waals surface area contributed by atoms with Crippen molar-refractivity contribution in [3.05, 3.63) is 64.1 Å². The lowest BCUT2D eigenvalue weighted by Gasteiger charge is -2.08. The summed E-state index contributed by atoms with van der Waals surface area (Å²) < 4.78 is 0.977. The van der Waals surface area contributed by atoms with E-state index in [1.165, 1.54) is 0 Å². The van der Waals surface area contributed by atoms with E-state index in [1.54, 1.807) is 6.92 Å². The van der Waals surface area contributed by atoms with Crippen LogP contribution in [0.25, 0.3) is 0 Å². The van der Waals surface area contributed by atoms with Crippen LogP contribution in [0.4, 0.5) is 5.69 Å². The molecule has 0 aliphatic carbocycles. The molecular weight excluding hydrogens is 368 g/mol. The summed E-state index contributed by atoms with van der Waals surface area (Å²) in [7, 11) is 0. The summed E-state index contributed by atoms with van der Waals surface area (Å²) in [5.74, 6) is 0.636. The van der Waals surface area contributed by atoms with Gasteiger partial charge in [-0.2, -0.15) is 5.10 Å². The van der Waals surface area contributed by atoms with Crippen LogP contribution in [-0.2, 0) is 0 Å². The number of aliphatic hydroxyl groups is 1. The van der Waals surface area contributed by atoms with Gasteiger partial charge >= 0.3 is 0 Å². The molecule has 0 saturated carbocycles. The molecule has 0 unspecified atom stereocenters. The molecule has 0 amide bonds. The monoisotopic (exact) mass is 384 g/mol. The highest BCUT2D eigenvalue weighted by atomic mass is 79.9. The zero-order valence-corrected chi connectivity index (χ0v) is 14.8. The fraction of sp³-hybridized carbons (Fsp3) is 0.167. The van der Waals surface area contributed by atoms with E-state index in [0.717, 1.165) is 27.0 Å². The van der Waals surface area contributed by atoms with Crippen LogP contribution in [0.1, 0.15) is 18.1 Å². The first kappa shape index (κ1) is 16.5. The molecule has 2 aromatic carbocycles. The standard InChI is InChI=1S/C18H17BrN4O/c1-12(11-24)22-23-17-10-20-18(13-5-3-2-4-6-13)15-9-14(19)7-8-16(15)21-17/h2-9,24H,10-11H2,1H3,(H,21,23). The lowest BCUT2D eigenvalue weighted by molar-refractivity contribution is 0.356. The molecule has 0 spiro atoms. The van der Waals surface area contributed by atoms with Gasteiger partial charge in [0.25, 0.3) is 0 Å². The first-order chi connectivity index (χ1) is 11.7. The van der Waals surface area contributed by atoms with Crippen molar-refractivity contribution < 1.29 is 5.11 Å².